The van der Waals surface area contributed by atoms with Crippen LogP contribution >= 0.6 is 0 Å². The van der Waals surface area contributed by atoms with Crippen LogP contribution in [0.4, 0.5) is 0 Å². The predicted molar refractivity (Wildman–Crippen MR) is 132 cm³/mol. The number of fused-ring (bicyclic) bond motifs is 1. The van der Waals surface area contributed by atoms with E-state index in [9.17, 15) is 19.2 Å². The average Bonchev–Trinajstić information content (AvgIpc) is 3.19. The zero-order valence-electron chi connectivity index (χ0n) is 20.5. The second kappa shape index (κ2) is 10.4. The molecule has 3 aliphatic heterocycles. The summed E-state index contributed by atoms with van der Waals surface area (Å²) in [5, 5.41) is 5.34. The van der Waals surface area contributed by atoms with E-state index in [4.69, 9.17) is 4.74 Å². The Morgan fingerprint density at radius 2 is 1.97 bits per heavy atom. The molecule has 9 nitrogen and oxygen atoms in total. The number of hydrogen-bond donors (Lipinski definition) is 2. The van der Waals surface area contributed by atoms with Crippen LogP contribution in [0.5, 0.6) is 0 Å². The highest BCUT2D eigenvalue weighted by Crippen LogP contribution is 2.35. The molecule has 3 fully saturated rings. The first kappa shape index (κ1) is 24.4. The number of likely N-dealkylation sites (tertiary alicyclic amines) is 1. The Hall–Kier alpha value is -3.30. The summed E-state index contributed by atoms with van der Waals surface area (Å²) < 4.78 is 5.42. The normalized spacial score (nSPS) is 24.7. The van der Waals surface area contributed by atoms with Gasteiger partial charge in [0.15, 0.2) is 0 Å². The molecular formula is C27H32N4O5. The second-order valence-electron chi connectivity index (χ2n) is 9.98. The van der Waals surface area contributed by atoms with Gasteiger partial charge in [0.25, 0.3) is 11.8 Å². The predicted octanol–water partition coefficient (Wildman–Crippen LogP) is 1.08. The number of amides is 4. The summed E-state index contributed by atoms with van der Waals surface area (Å²) in [4.78, 5) is 53.4. The summed E-state index contributed by atoms with van der Waals surface area (Å²) in [5.41, 5.74) is 4.67. The van der Waals surface area contributed by atoms with Gasteiger partial charge in [0.1, 0.15) is 6.04 Å². The molecule has 2 unspecified atom stereocenters. The van der Waals surface area contributed by atoms with Crippen molar-refractivity contribution >= 4 is 23.6 Å². The quantitative estimate of drug-likeness (QED) is 0.576. The molecule has 4 aliphatic rings. The van der Waals surface area contributed by atoms with Crippen LogP contribution < -0.4 is 10.6 Å². The number of rotatable bonds is 6. The molecule has 5 rings (SSSR count). The van der Waals surface area contributed by atoms with Crippen molar-refractivity contribution in [3.8, 4) is 0 Å². The molecule has 0 radical (unpaired) electrons. The Kier molecular flexibility index (Phi) is 7.02. The summed E-state index contributed by atoms with van der Waals surface area (Å²) in [6.07, 6.45) is 4.97. The van der Waals surface area contributed by atoms with Gasteiger partial charge in [-0.1, -0.05) is 23.8 Å². The van der Waals surface area contributed by atoms with Gasteiger partial charge in [-0.2, -0.15) is 0 Å². The summed E-state index contributed by atoms with van der Waals surface area (Å²) in [6, 6.07) is 5.24. The van der Waals surface area contributed by atoms with E-state index < -0.39 is 11.9 Å². The molecule has 1 aromatic rings. The molecule has 0 saturated carbocycles. The average molecular weight is 493 g/mol. The number of allylic oxidation sites excluding steroid dienone is 2. The lowest BCUT2D eigenvalue weighted by atomic mass is 9.89. The maximum absolute atomic E-state index is 12.9. The minimum Gasteiger partial charge on any atom is -0.379 e. The third-order valence-electron chi connectivity index (χ3n) is 7.54. The van der Waals surface area contributed by atoms with E-state index in [1.807, 2.05) is 37.3 Å². The van der Waals surface area contributed by atoms with Crippen molar-refractivity contribution in [1.82, 2.24) is 20.4 Å². The SMILES string of the molecule is Cc1cc(C(=O)NCC2=CC=C3C(=O)N(C4CCC(=O)NC4=O)CC3C2)ccc1CN1CCOCC1. The summed E-state index contributed by atoms with van der Waals surface area (Å²) in [7, 11) is 0. The zero-order chi connectivity index (χ0) is 25.2. The smallest absolute Gasteiger partial charge is 0.251 e. The number of carbonyl (C=O) groups is 4. The third kappa shape index (κ3) is 5.12. The molecule has 9 heteroatoms. The fraction of sp³-hybridized carbons (Fsp3) is 0.481. The first-order valence-corrected chi connectivity index (χ1v) is 12.6. The molecule has 36 heavy (non-hydrogen) atoms. The molecule has 190 valence electrons. The van der Waals surface area contributed by atoms with Crippen LogP contribution in [0.15, 0.2) is 41.5 Å². The van der Waals surface area contributed by atoms with Crippen LogP contribution in [0.1, 0.15) is 40.7 Å². The van der Waals surface area contributed by atoms with Gasteiger partial charge >= 0.3 is 0 Å². The van der Waals surface area contributed by atoms with Gasteiger partial charge in [0.2, 0.25) is 11.8 Å². The van der Waals surface area contributed by atoms with Gasteiger partial charge in [-0.25, -0.2) is 0 Å². The summed E-state index contributed by atoms with van der Waals surface area (Å²) in [5.74, 6) is -0.964. The van der Waals surface area contributed by atoms with Gasteiger partial charge in [-0.05, 0) is 43.0 Å². The number of benzene rings is 1. The molecule has 2 N–H and O–H groups in total. The van der Waals surface area contributed by atoms with Gasteiger partial charge in [0.05, 0.1) is 13.2 Å². The maximum Gasteiger partial charge on any atom is 0.251 e. The van der Waals surface area contributed by atoms with Crippen molar-refractivity contribution in [3.05, 3.63) is 58.2 Å². The molecule has 3 saturated heterocycles. The van der Waals surface area contributed by atoms with Crippen LogP contribution in [0.25, 0.3) is 0 Å². The zero-order valence-corrected chi connectivity index (χ0v) is 20.5. The number of morpholine rings is 1. The highest BCUT2D eigenvalue weighted by Gasteiger charge is 2.43. The van der Waals surface area contributed by atoms with Crippen molar-refractivity contribution in [2.45, 2.75) is 38.8 Å². The molecule has 4 amide bonds. The van der Waals surface area contributed by atoms with Crippen molar-refractivity contribution in [2.75, 3.05) is 39.4 Å². The van der Waals surface area contributed by atoms with Crippen LogP contribution in [-0.2, 0) is 25.7 Å². The molecule has 2 atom stereocenters. The molecule has 1 aromatic carbocycles. The Morgan fingerprint density at radius 3 is 2.72 bits per heavy atom. The molecule has 3 heterocycles. The number of aryl methyl sites for hydroxylation is 1. The minimum absolute atomic E-state index is 0.0125. The van der Waals surface area contributed by atoms with Gasteiger partial charge in [-0.15, -0.1) is 0 Å². The van der Waals surface area contributed by atoms with Gasteiger partial charge in [0, 0.05) is 56.2 Å². The first-order chi connectivity index (χ1) is 17.4. The number of nitrogens with one attached hydrogen (secondary N) is 2. The van der Waals surface area contributed by atoms with Crippen molar-refractivity contribution in [2.24, 2.45) is 5.92 Å². The fourth-order valence-electron chi connectivity index (χ4n) is 5.42. The van der Waals surface area contributed by atoms with E-state index in [1.54, 1.807) is 4.90 Å². The second-order valence-corrected chi connectivity index (χ2v) is 9.98. The Labute approximate surface area is 210 Å². The molecule has 1 aliphatic carbocycles. The molecule has 0 aromatic heterocycles. The van der Waals surface area contributed by atoms with Crippen LogP contribution in [0.2, 0.25) is 0 Å². The van der Waals surface area contributed by atoms with E-state index in [1.165, 1.54) is 5.56 Å². The third-order valence-corrected chi connectivity index (χ3v) is 7.54. The minimum atomic E-state index is -0.598. The molecule has 0 bridgehead atoms. The van der Waals surface area contributed by atoms with Crippen molar-refractivity contribution in [3.63, 3.8) is 0 Å². The Morgan fingerprint density at radius 1 is 1.17 bits per heavy atom. The van der Waals surface area contributed by atoms with Crippen molar-refractivity contribution < 1.29 is 23.9 Å². The van der Waals surface area contributed by atoms with E-state index in [0.717, 1.165) is 44.0 Å². The number of piperidine rings is 1. The molecular weight excluding hydrogens is 460 g/mol. The van der Waals surface area contributed by atoms with Crippen LogP contribution in [-0.4, -0.2) is 78.9 Å². The van der Waals surface area contributed by atoms with E-state index in [0.29, 0.717) is 37.1 Å². The van der Waals surface area contributed by atoms with E-state index in [-0.39, 0.29) is 30.1 Å². The van der Waals surface area contributed by atoms with Crippen LogP contribution in [0.3, 0.4) is 0 Å². The van der Waals surface area contributed by atoms with E-state index >= 15 is 0 Å². The number of carbonyl (C=O) groups excluding carboxylic acids is 4. The lowest BCUT2D eigenvalue weighted by Gasteiger charge is -2.29. The highest BCUT2D eigenvalue weighted by molar-refractivity contribution is 6.05. The number of nitrogens with zero attached hydrogens (tertiary/aromatic N) is 2. The van der Waals surface area contributed by atoms with Crippen molar-refractivity contribution in [1.29, 1.82) is 0 Å². The van der Waals surface area contributed by atoms with E-state index in [2.05, 4.69) is 15.5 Å². The number of imide groups is 1. The Bertz CT molecular complexity index is 1150. The molecule has 0 spiro atoms. The maximum atomic E-state index is 12.9. The fourth-order valence-corrected chi connectivity index (χ4v) is 5.42. The summed E-state index contributed by atoms with van der Waals surface area (Å²) in [6.45, 7) is 7.11. The number of hydrogen-bond acceptors (Lipinski definition) is 6. The topological polar surface area (TPSA) is 108 Å². The lowest BCUT2D eigenvalue weighted by Crippen LogP contribution is -2.53. The number of ether oxygens (including phenoxy) is 1. The first-order valence-electron chi connectivity index (χ1n) is 12.6. The largest absolute Gasteiger partial charge is 0.379 e. The Balaban J connectivity index is 1.15. The summed E-state index contributed by atoms with van der Waals surface area (Å²) >= 11 is 0. The van der Waals surface area contributed by atoms with Gasteiger partial charge in [-0.3, -0.25) is 29.4 Å². The highest BCUT2D eigenvalue weighted by atomic mass is 16.5. The monoisotopic (exact) mass is 492 g/mol. The standard InChI is InChI=1S/C27H32N4O5/c1-17-12-19(3-4-20(17)15-30-8-10-36-11-9-30)25(33)28-14-18-2-5-22-21(13-18)16-31(27(22)35)23-6-7-24(32)29-26(23)34/h2-5,12,21,23H,6-11,13-16H2,1H3,(H,28,33)(H,29,32,34). The van der Waals surface area contributed by atoms with Gasteiger partial charge < -0.3 is 15.0 Å². The van der Waals surface area contributed by atoms with Crippen LogP contribution in [0, 0.1) is 12.8 Å². The lowest BCUT2D eigenvalue weighted by molar-refractivity contribution is -0.142.